The van der Waals surface area contributed by atoms with Gasteiger partial charge in [-0.2, -0.15) is 4.89 Å². The lowest BCUT2D eigenvalue weighted by molar-refractivity contribution is -0.520. The molecule has 0 saturated heterocycles. The summed E-state index contributed by atoms with van der Waals surface area (Å²) in [6.07, 6.45) is -1.11. The molecule has 23 heavy (non-hydrogen) atoms. The van der Waals surface area contributed by atoms with Gasteiger partial charge in [0.15, 0.2) is 0 Å². The zero-order chi connectivity index (χ0) is 17.3. The Balaban J connectivity index is 2.21. The third-order valence-electron chi connectivity index (χ3n) is 2.70. The Bertz CT molecular complexity index is 537. The third kappa shape index (κ3) is 6.94. The van der Waals surface area contributed by atoms with Crippen LogP contribution < -0.4 is 0 Å². The quantitative estimate of drug-likeness (QED) is 0.239. The molecule has 0 bridgehead atoms. The maximum Gasteiger partial charge on any atom is 0.542 e. The zero-order valence-corrected chi connectivity index (χ0v) is 13.4. The lowest BCUT2D eigenvalue weighted by Gasteiger charge is -2.22. The van der Waals surface area contributed by atoms with Crippen LogP contribution in [0, 0.1) is 0 Å². The first kappa shape index (κ1) is 18.7. The highest BCUT2D eigenvalue weighted by Crippen LogP contribution is 2.24. The van der Waals surface area contributed by atoms with Gasteiger partial charge in [0.25, 0.3) is 0 Å². The molecule has 126 valence electrons. The normalized spacial score (nSPS) is 10.7. The summed E-state index contributed by atoms with van der Waals surface area (Å²) >= 11 is 0. The van der Waals surface area contributed by atoms with Gasteiger partial charge >= 0.3 is 12.1 Å². The molecule has 7 nitrogen and oxygen atoms in total. The minimum absolute atomic E-state index is 0.114. The maximum atomic E-state index is 11.2. The monoisotopic (exact) mass is 324 g/mol. The van der Waals surface area contributed by atoms with Gasteiger partial charge in [0.2, 0.25) is 0 Å². The van der Waals surface area contributed by atoms with E-state index in [9.17, 15) is 9.59 Å². The van der Waals surface area contributed by atoms with Crippen LogP contribution in [0.25, 0.3) is 0 Å². The Labute approximate surface area is 134 Å². The fourth-order valence-corrected chi connectivity index (χ4v) is 1.42. The summed E-state index contributed by atoms with van der Waals surface area (Å²) in [5, 5.41) is 4.43. The van der Waals surface area contributed by atoms with Crippen molar-refractivity contribution >= 4 is 12.1 Å². The van der Waals surface area contributed by atoms with E-state index in [1.807, 2.05) is 30.3 Å². The van der Waals surface area contributed by atoms with Gasteiger partial charge in [-0.25, -0.2) is 14.5 Å². The number of esters is 1. The number of carbonyl (C=O) groups is 2. The average Bonchev–Trinajstić information content (AvgIpc) is 2.52. The minimum Gasteiger partial charge on any atom is -0.459 e. The average molecular weight is 324 g/mol. The van der Waals surface area contributed by atoms with Crippen LogP contribution in [0.15, 0.2) is 42.5 Å². The fourth-order valence-electron chi connectivity index (χ4n) is 1.42. The van der Waals surface area contributed by atoms with E-state index in [1.165, 1.54) is 6.92 Å². The van der Waals surface area contributed by atoms with E-state index < -0.39 is 17.7 Å². The van der Waals surface area contributed by atoms with Crippen molar-refractivity contribution in [2.75, 3.05) is 13.2 Å². The highest BCUT2D eigenvalue weighted by atomic mass is 17.5. The van der Waals surface area contributed by atoms with Crippen LogP contribution in [-0.4, -0.2) is 25.3 Å². The molecule has 0 unspecified atom stereocenters. The van der Waals surface area contributed by atoms with Gasteiger partial charge in [-0.05, 0) is 31.4 Å². The van der Waals surface area contributed by atoms with E-state index in [0.29, 0.717) is 0 Å². The number of benzene rings is 1. The second kappa shape index (κ2) is 8.92. The highest BCUT2D eigenvalue weighted by Gasteiger charge is 2.24. The van der Waals surface area contributed by atoms with Gasteiger partial charge in [0.05, 0.1) is 0 Å². The Hall–Kier alpha value is -2.38. The van der Waals surface area contributed by atoms with Crippen molar-refractivity contribution in [2.45, 2.75) is 26.4 Å². The standard InChI is InChI=1S/C16H20O7/c1-12(2)14(17)19-10-11-20-15(18)21-23-22-16(3,4)13-8-6-5-7-9-13/h5-9H,1,10-11H2,2-4H3. The van der Waals surface area contributed by atoms with E-state index >= 15 is 0 Å². The molecule has 0 fully saturated rings. The van der Waals surface area contributed by atoms with Crippen LogP contribution in [0.4, 0.5) is 4.79 Å². The van der Waals surface area contributed by atoms with Crippen LogP contribution in [-0.2, 0) is 34.7 Å². The SMILES string of the molecule is C=C(C)C(=O)OCCOC(=O)OOOC(C)(C)c1ccccc1. The van der Waals surface area contributed by atoms with Crippen molar-refractivity contribution < 1.29 is 33.9 Å². The van der Waals surface area contributed by atoms with Crippen LogP contribution in [0.1, 0.15) is 26.3 Å². The maximum absolute atomic E-state index is 11.2. The first-order valence-corrected chi connectivity index (χ1v) is 6.90. The Morgan fingerprint density at radius 1 is 1.09 bits per heavy atom. The number of hydrogen-bond donors (Lipinski definition) is 0. The van der Waals surface area contributed by atoms with E-state index in [0.717, 1.165) is 5.56 Å². The summed E-state index contributed by atoms with van der Waals surface area (Å²) in [7, 11) is 0. The van der Waals surface area contributed by atoms with E-state index in [-0.39, 0.29) is 18.8 Å². The van der Waals surface area contributed by atoms with Gasteiger partial charge < -0.3 is 9.47 Å². The Morgan fingerprint density at radius 2 is 1.70 bits per heavy atom. The van der Waals surface area contributed by atoms with Crippen LogP contribution in [0.5, 0.6) is 0 Å². The third-order valence-corrected chi connectivity index (χ3v) is 2.70. The molecular weight excluding hydrogens is 304 g/mol. The van der Waals surface area contributed by atoms with Crippen LogP contribution in [0.3, 0.4) is 0 Å². The molecule has 0 atom stereocenters. The van der Waals surface area contributed by atoms with E-state index in [2.05, 4.69) is 21.2 Å². The molecule has 1 rings (SSSR count). The number of hydrogen-bond acceptors (Lipinski definition) is 7. The predicted octanol–water partition coefficient (Wildman–Crippen LogP) is 3.06. The van der Waals surface area contributed by atoms with Crippen molar-refractivity contribution in [1.82, 2.24) is 0 Å². The van der Waals surface area contributed by atoms with E-state index in [1.54, 1.807) is 13.8 Å². The van der Waals surface area contributed by atoms with Crippen molar-refractivity contribution in [1.29, 1.82) is 0 Å². The molecular formula is C16H20O7. The lowest BCUT2D eigenvalue weighted by atomic mass is 9.99. The topological polar surface area (TPSA) is 80.3 Å². The molecule has 0 aromatic heterocycles. The number of ether oxygens (including phenoxy) is 2. The van der Waals surface area contributed by atoms with Crippen LogP contribution in [0.2, 0.25) is 0 Å². The van der Waals surface area contributed by atoms with Gasteiger partial charge in [-0.3, -0.25) is 0 Å². The molecule has 1 aromatic carbocycles. The summed E-state index contributed by atoms with van der Waals surface area (Å²) in [4.78, 5) is 31.7. The largest absolute Gasteiger partial charge is 0.542 e. The first-order valence-electron chi connectivity index (χ1n) is 6.90. The highest BCUT2D eigenvalue weighted by molar-refractivity contribution is 5.86. The molecule has 7 heteroatoms. The smallest absolute Gasteiger partial charge is 0.459 e. The summed E-state index contributed by atoms with van der Waals surface area (Å²) in [5.74, 6) is -0.564. The lowest BCUT2D eigenvalue weighted by Crippen LogP contribution is -2.23. The van der Waals surface area contributed by atoms with Crippen molar-refractivity contribution in [2.24, 2.45) is 0 Å². The van der Waals surface area contributed by atoms with Gasteiger partial charge in [-0.1, -0.05) is 36.9 Å². The number of carbonyl (C=O) groups excluding carboxylic acids is 2. The molecule has 0 N–H and O–H groups in total. The molecule has 0 radical (unpaired) electrons. The number of rotatable bonds is 8. The fraction of sp³-hybridized carbons (Fsp3) is 0.375. The van der Waals surface area contributed by atoms with Crippen molar-refractivity contribution in [3.8, 4) is 0 Å². The molecule has 0 saturated carbocycles. The second-order valence-electron chi connectivity index (χ2n) is 5.13. The van der Waals surface area contributed by atoms with Crippen molar-refractivity contribution in [3.05, 3.63) is 48.0 Å². The zero-order valence-electron chi connectivity index (χ0n) is 13.4. The molecule has 0 aliphatic rings. The Morgan fingerprint density at radius 3 is 2.30 bits per heavy atom. The molecule has 0 aliphatic heterocycles. The molecule has 0 heterocycles. The van der Waals surface area contributed by atoms with Gasteiger partial charge in [0.1, 0.15) is 18.8 Å². The van der Waals surface area contributed by atoms with Gasteiger partial charge in [-0.15, -0.1) is 0 Å². The molecule has 0 spiro atoms. The summed E-state index contributed by atoms with van der Waals surface area (Å²) < 4.78 is 9.35. The van der Waals surface area contributed by atoms with E-state index in [4.69, 9.17) is 9.62 Å². The van der Waals surface area contributed by atoms with Gasteiger partial charge in [0, 0.05) is 5.57 Å². The minimum atomic E-state index is -1.11. The molecule has 0 aliphatic carbocycles. The summed E-state index contributed by atoms with van der Waals surface area (Å²) in [5.41, 5.74) is 0.273. The molecule has 0 amide bonds. The first-order chi connectivity index (χ1) is 10.8. The second-order valence-corrected chi connectivity index (χ2v) is 5.13. The van der Waals surface area contributed by atoms with Crippen molar-refractivity contribution in [3.63, 3.8) is 0 Å². The summed E-state index contributed by atoms with van der Waals surface area (Å²) in [6, 6.07) is 9.26. The summed E-state index contributed by atoms with van der Waals surface area (Å²) in [6.45, 7) is 8.12. The van der Waals surface area contributed by atoms with Crippen LogP contribution >= 0.6 is 0 Å². The Kier molecular flexibility index (Phi) is 7.24. The predicted molar refractivity (Wildman–Crippen MR) is 79.8 cm³/mol. The molecule has 1 aromatic rings.